The molecule has 5 heterocycles. The first kappa shape index (κ1) is 31.0. The fourth-order valence-electron chi connectivity index (χ4n) is 7.24. The van der Waals surface area contributed by atoms with Crippen molar-refractivity contribution in [3.05, 3.63) is 59.5 Å². The quantitative estimate of drug-likeness (QED) is 0.242. The zero-order chi connectivity index (χ0) is 31.9. The van der Waals surface area contributed by atoms with Crippen LogP contribution in [0.3, 0.4) is 0 Å². The van der Waals surface area contributed by atoms with Crippen LogP contribution < -0.4 is 9.80 Å². The largest absolute Gasteiger partial charge is 0.368 e. The lowest BCUT2D eigenvalue weighted by Crippen LogP contribution is -2.54. The van der Waals surface area contributed by atoms with E-state index < -0.39 is 0 Å². The number of likely N-dealkylation sites (tertiary alicyclic amines) is 1. The van der Waals surface area contributed by atoms with Crippen LogP contribution in [0.2, 0.25) is 0 Å². The van der Waals surface area contributed by atoms with Crippen molar-refractivity contribution in [3.8, 4) is 17.3 Å². The predicted molar refractivity (Wildman–Crippen MR) is 178 cm³/mol. The zero-order valence-electron chi connectivity index (χ0n) is 26.7. The molecule has 2 aliphatic heterocycles. The molecule has 2 fully saturated rings. The fraction of sp³-hybridized carbons (Fsp3) is 0.471. The number of anilines is 3. The third-order valence-electron chi connectivity index (χ3n) is 9.83. The van der Waals surface area contributed by atoms with E-state index in [1.807, 2.05) is 32.2 Å². The number of pyridine rings is 1. The van der Waals surface area contributed by atoms with E-state index in [0.717, 1.165) is 62.3 Å². The minimum atomic E-state index is -0.326. The maximum absolute atomic E-state index is 13.5. The number of imidazole rings is 1. The molecule has 0 aliphatic carbocycles. The van der Waals surface area contributed by atoms with Gasteiger partial charge in [-0.3, -0.25) is 14.1 Å². The maximum Gasteiger partial charge on any atom is 0.236 e. The van der Waals surface area contributed by atoms with E-state index in [0.29, 0.717) is 45.3 Å². The number of hydrogen-bond donors (Lipinski definition) is 0. The van der Waals surface area contributed by atoms with Crippen molar-refractivity contribution in [1.82, 2.24) is 24.2 Å². The Morgan fingerprint density at radius 3 is 2.58 bits per heavy atom. The topological polar surface area (TPSA) is 84.0 Å². The highest BCUT2D eigenvalue weighted by molar-refractivity contribution is 7.16. The maximum atomic E-state index is 13.5. The number of amides is 1. The standard InChI is InChI=1S/C34H41FN8OS/c1-6-26-18-34(13-15-41(26)22-31(44)39(3)4)14-16-42(23(2)17-34)27-11-12-29-37-20-30(43(29)21-27)40(5)33-38-32(28(19-36)45-33)24-7-9-25(35)10-8-24/h7-12,20-21,23,26H,6,13-18,22H2,1-5H3. The molecule has 9 nitrogen and oxygen atoms in total. The van der Waals surface area contributed by atoms with Gasteiger partial charge >= 0.3 is 0 Å². The summed E-state index contributed by atoms with van der Waals surface area (Å²) in [5.74, 6) is 0.705. The number of benzene rings is 1. The minimum Gasteiger partial charge on any atom is -0.368 e. The molecule has 1 spiro atoms. The van der Waals surface area contributed by atoms with Gasteiger partial charge < -0.3 is 14.7 Å². The molecule has 0 radical (unpaired) electrons. The summed E-state index contributed by atoms with van der Waals surface area (Å²) in [6, 6.07) is 13.4. The van der Waals surface area contributed by atoms with Crippen molar-refractivity contribution in [2.75, 3.05) is 50.6 Å². The Morgan fingerprint density at radius 1 is 1.13 bits per heavy atom. The second-order valence-corrected chi connectivity index (χ2v) is 13.8. The van der Waals surface area contributed by atoms with Crippen LogP contribution >= 0.6 is 11.3 Å². The van der Waals surface area contributed by atoms with E-state index in [1.165, 1.54) is 23.5 Å². The van der Waals surface area contributed by atoms with E-state index in [-0.39, 0.29) is 11.7 Å². The van der Waals surface area contributed by atoms with Crippen molar-refractivity contribution in [2.24, 2.45) is 5.41 Å². The van der Waals surface area contributed by atoms with E-state index in [2.05, 4.69) is 57.4 Å². The van der Waals surface area contributed by atoms with Gasteiger partial charge in [0.2, 0.25) is 5.91 Å². The molecule has 0 saturated carbocycles. The second kappa shape index (κ2) is 12.4. The molecule has 45 heavy (non-hydrogen) atoms. The predicted octanol–water partition coefficient (Wildman–Crippen LogP) is 6.17. The number of carbonyl (C=O) groups excluding carboxylic acids is 1. The summed E-state index contributed by atoms with van der Waals surface area (Å²) in [7, 11) is 5.61. The molecule has 236 valence electrons. The van der Waals surface area contributed by atoms with E-state index in [1.54, 1.807) is 17.0 Å². The molecule has 3 aromatic heterocycles. The van der Waals surface area contributed by atoms with Gasteiger partial charge in [-0.05, 0) is 87.4 Å². The van der Waals surface area contributed by atoms with Gasteiger partial charge in [-0.15, -0.1) is 0 Å². The first-order valence-corrected chi connectivity index (χ1v) is 16.5. The Balaban J connectivity index is 1.20. The molecule has 3 atom stereocenters. The smallest absolute Gasteiger partial charge is 0.236 e. The molecule has 2 aliphatic rings. The number of nitrogens with zero attached hydrogens (tertiary/aromatic N) is 8. The van der Waals surface area contributed by atoms with Crippen LogP contribution in [0, 0.1) is 22.6 Å². The van der Waals surface area contributed by atoms with Crippen molar-refractivity contribution >= 4 is 39.5 Å². The average molecular weight is 629 g/mol. The number of nitriles is 1. The van der Waals surface area contributed by atoms with Crippen molar-refractivity contribution < 1.29 is 9.18 Å². The van der Waals surface area contributed by atoms with Gasteiger partial charge in [-0.25, -0.2) is 14.4 Å². The van der Waals surface area contributed by atoms with Gasteiger partial charge in [0.15, 0.2) is 5.13 Å². The lowest BCUT2D eigenvalue weighted by Gasteiger charge is -2.52. The number of fused-ring (bicyclic) bond motifs is 1. The van der Waals surface area contributed by atoms with E-state index in [9.17, 15) is 14.4 Å². The lowest BCUT2D eigenvalue weighted by atomic mass is 9.66. The zero-order valence-corrected chi connectivity index (χ0v) is 27.5. The van der Waals surface area contributed by atoms with Crippen LogP contribution in [0.5, 0.6) is 0 Å². The highest BCUT2D eigenvalue weighted by Crippen LogP contribution is 2.47. The minimum absolute atomic E-state index is 0.182. The highest BCUT2D eigenvalue weighted by Gasteiger charge is 2.44. The lowest BCUT2D eigenvalue weighted by molar-refractivity contribution is -0.131. The molecule has 3 unspecified atom stereocenters. The molecule has 4 aromatic rings. The summed E-state index contributed by atoms with van der Waals surface area (Å²) in [4.78, 5) is 30.9. The third-order valence-corrected chi connectivity index (χ3v) is 10.9. The van der Waals surface area contributed by atoms with Gasteiger partial charge in [0.05, 0.1) is 18.4 Å². The molecular formula is C34H41FN8OS. The van der Waals surface area contributed by atoms with Gasteiger partial charge in [0, 0.05) is 51.5 Å². The molecule has 6 rings (SSSR count). The van der Waals surface area contributed by atoms with Crippen molar-refractivity contribution in [3.63, 3.8) is 0 Å². The Hall–Kier alpha value is -4.01. The summed E-state index contributed by atoms with van der Waals surface area (Å²) in [5.41, 5.74) is 3.56. The number of rotatable bonds is 7. The van der Waals surface area contributed by atoms with Gasteiger partial charge in [0.1, 0.15) is 33.9 Å². The SMILES string of the molecule is CCC1CC2(CCN1CC(=O)N(C)C)CCN(c1ccc3ncc(N(C)c4nc(-c5ccc(F)cc5)c(C#N)s4)n3c1)C(C)C2. The fourth-order valence-corrected chi connectivity index (χ4v) is 8.09. The van der Waals surface area contributed by atoms with Gasteiger partial charge in [0.25, 0.3) is 0 Å². The number of piperidine rings is 2. The van der Waals surface area contributed by atoms with Crippen LogP contribution in [0.25, 0.3) is 16.9 Å². The first-order chi connectivity index (χ1) is 21.6. The summed E-state index contributed by atoms with van der Waals surface area (Å²) < 4.78 is 15.6. The van der Waals surface area contributed by atoms with Crippen molar-refractivity contribution in [2.45, 2.75) is 58.0 Å². The van der Waals surface area contributed by atoms with E-state index >= 15 is 0 Å². The van der Waals surface area contributed by atoms with Crippen molar-refractivity contribution in [1.29, 1.82) is 5.26 Å². The molecule has 2 saturated heterocycles. The van der Waals surface area contributed by atoms with Crippen LogP contribution in [-0.4, -0.2) is 82.9 Å². The molecule has 0 N–H and O–H groups in total. The van der Waals surface area contributed by atoms with Gasteiger partial charge in [-0.1, -0.05) is 18.3 Å². The third kappa shape index (κ3) is 6.01. The first-order valence-electron chi connectivity index (χ1n) is 15.7. The summed E-state index contributed by atoms with van der Waals surface area (Å²) in [6.45, 7) is 7.07. The number of hydrogen-bond acceptors (Lipinski definition) is 8. The van der Waals surface area contributed by atoms with Crippen LogP contribution in [0.15, 0.2) is 48.8 Å². The normalized spacial score (nSPS) is 22.1. The van der Waals surface area contributed by atoms with Crippen LogP contribution in [-0.2, 0) is 4.79 Å². The summed E-state index contributed by atoms with van der Waals surface area (Å²) in [6.07, 6.45) is 9.61. The summed E-state index contributed by atoms with van der Waals surface area (Å²) >= 11 is 1.31. The average Bonchev–Trinajstić information content (AvgIpc) is 3.66. The monoisotopic (exact) mass is 628 g/mol. The Kier molecular flexibility index (Phi) is 8.55. The Morgan fingerprint density at radius 2 is 1.89 bits per heavy atom. The number of carbonyl (C=O) groups is 1. The van der Waals surface area contributed by atoms with Crippen LogP contribution in [0.1, 0.15) is 50.8 Å². The number of thiazole rings is 1. The Labute approximate surface area is 268 Å². The molecule has 0 bridgehead atoms. The molecule has 1 amide bonds. The second-order valence-electron chi connectivity index (χ2n) is 12.9. The number of halogens is 1. The Bertz CT molecular complexity index is 1730. The molecule has 1 aromatic carbocycles. The number of likely N-dealkylation sites (N-methyl/N-ethyl adjacent to an activating group) is 1. The number of aromatic nitrogens is 3. The molecule has 11 heteroatoms. The van der Waals surface area contributed by atoms with Crippen LogP contribution in [0.4, 0.5) is 21.0 Å². The van der Waals surface area contributed by atoms with E-state index in [4.69, 9.17) is 4.98 Å². The highest BCUT2D eigenvalue weighted by atomic mass is 32.1. The molecular weight excluding hydrogens is 587 g/mol. The van der Waals surface area contributed by atoms with Gasteiger partial charge in [-0.2, -0.15) is 5.26 Å². The summed E-state index contributed by atoms with van der Waals surface area (Å²) in [5, 5.41) is 10.5.